The Morgan fingerprint density at radius 1 is 1.53 bits per heavy atom. The van der Waals surface area contributed by atoms with Gasteiger partial charge in [-0.1, -0.05) is 11.6 Å². The fourth-order valence-electron chi connectivity index (χ4n) is 1.26. The largest absolute Gasteiger partial charge is 0.368 e. The molecule has 0 bridgehead atoms. The molecule has 0 saturated carbocycles. The monoisotopic (exact) mass is 274 g/mol. The summed E-state index contributed by atoms with van der Waals surface area (Å²) in [5.41, 5.74) is 5.50. The molecule has 1 amide bonds. The Morgan fingerprint density at radius 2 is 2.29 bits per heavy atom. The zero-order valence-electron chi connectivity index (χ0n) is 9.57. The van der Waals surface area contributed by atoms with E-state index in [-0.39, 0.29) is 10.7 Å². The number of carbonyl (C=O) groups is 1. The Hall–Kier alpha value is -1.01. The molecule has 1 rings (SSSR count). The maximum absolute atomic E-state index is 11.2. The second-order valence-corrected chi connectivity index (χ2v) is 4.79. The molecule has 94 valence electrons. The molecule has 3 N–H and O–H groups in total. The molecule has 7 heteroatoms. The number of nitrogens with zero attached hydrogens (tertiary/aromatic N) is 2. The van der Waals surface area contributed by atoms with E-state index in [9.17, 15) is 4.79 Å². The standard InChI is InChI=1S/C10H15ClN4OS/c1-17-5-3-2-4-13-10-7(9(12)16)6-8(11)14-15-10/h6H,2-5H2,1H3,(H2,12,16)(H,13,15). The van der Waals surface area contributed by atoms with Crippen molar-refractivity contribution in [1.82, 2.24) is 10.2 Å². The summed E-state index contributed by atoms with van der Waals surface area (Å²) in [6.45, 7) is 0.733. The van der Waals surface area contributed by atoms with E-state index in [1.54, 1.807) is 0 Å². The van der Waals surface area contributed by atoms with Gasteiger partial charge in [0.15, 0.2) is 11.0 Å². The van der Waals surface area contributed by atoms with E-state index in [0.717, 1.165) is 25.1 Å². The minimum absolute atomic E-state index is 0.159. The highest BCUT2D eigenvalue weighted by Crippen LogP contribution is 2.14. The molecule has 0 aromatic carbocycles. The van der Waals surface area contributed by atoms with Gasteiger partial charge >= 0.3 is 0 Å². The molecule has 0 atom stereocenters. The van der Waals surface area contributed by atoms with Crippen molar-refractivity contribution in [3.05, 3.63) is 16.8 Å². The number of anilines is 1. The number of thioether (sulfide) groups is 1. The number of nitrogens with one attached hydrogen (secondary N) is 1. The van der Waals surface area contributed by atoms with Crippen molar-refractivity contribution in [3.63, 3.8) is 0 Å². The molecule has 1 aromatic heterocycles. The van der Waals surface area contributed by atoms with Gasteiger partial charge in [-0.05, 0) is 30.9 Å². The molecule has 0 aliphatic heterocycles. The second kappa shape index (κ2) is 7.34. The lowest BCUT2D eigenvalue weighted by Crippen LogP contribution is -2.16. The lowest BCUT2D eigenvalue weighted by atomic mass is 10.2. The Bertz CT molecular complexity index is 389. The Balaban J connectivity index is 2.55. The van der Waals surface area contributed by atoms with Crippen LogP contribution in [0.25, 0.3) is 0 Å². The SMILES string of the molecule is CSCCCCNc1nnc(Cl)cc1C(N)=O. The highest BCUT2D eigenvalue weighted by atomic mass is 35.5. The van der Waals surface area contributed by atoms with Crippen LogP contribution in [0.3, 0.4) is 0 Å². The van der Waals surface area contributed by atoms with Gasteiger partial charge in [-0.2, -0.15) is 11.8 Å². The van der Waals surface area contributed by atoms with Crippen LogP contribution in [-0.4, -0.2) is 34.7 Å². The maximum Gasteiger partial charge on any atom is 0.252 e. The molecule has 0 spiro atoms. The minimum atomic E-state index is -0.562. The van der Waals surface area contributed by atoms with Gasteiger partial charge in [0.25, 0.3) is 5.91 Å². The smallest absolute Gasteiger partial charge is 0.252 e. The lowest BCUT2D eigenvalue weighted by molar-refractivity contribution is 0.100. The fourth-order valence-corrected chi connectivity index (χ4v) is 1.90. The number of nitrogens with two attached hydrogens (primary N) is 1. The lowest BCUT2D eigenvalue weighted by Gasteiger charge is -2.07. The van der Waals surface area contributed by atoms with Crippen LogP contribution in [0.1, 0.15) is 23.2 Å². The number of amides is 1. The first-order chi connectivity index (χ1) is 8.15. The number of carbonyl (C=O) groups excluding carboxylic acids is 1. The summed E-state index contributed by atoms with van der Waals surface area (Å²) >= 11 is 7.46. The van der Waals surface area contributed by atoms with Crippen LogP contribution in [0, 0.1) is 0 Å². The topological polar surface area (TPSA) is 80.9 Å². The highest BCUT2D eigenvalue weighted by molar-refractivity contribution is 7.98. The zero-order chi connectivity index (χ0) is 12.7. The van der Waals surface area contributed by atoms with E-state index < -0.39 is 5.91 Å². The quantitative estimate of drug-likeness (QED) is 0.741. The van der Waals surface area contributed by atoms with Crippen molar-refractivity contribution in [2.24, 2.45) is 5.73 Å². The molecular formula is C10H15ClN4OS. The molecule has 17 heavy (non-hydrogen) atoms. The summed E-state index contributed by atoms with van der Waals surface area (Å²) in [7, 11) is 0. The molecule has 0 unspecified atom stereocenters. The first-order valence-corrected chi connectivity index (χ1v) is 6.98. The molecule has 5 nitrogen and oxygen atoms in total. The van der Waals surface area contributed by atoms with Crippen LogP contribution in [0.15, 0.2) is 6.07 Å². The van der Waals surface area contributed by atoms with Gasteiger partial charge in [0, 0.05) is 6.54 Å². The molecule has 1 heterocycles. The molecule has 0 saturated heterocycles. The maximum atomic E-state index is 11.2. The highest BCUT2D eigenvalue weighted by Gasteiger charge is 2.10. The average molecular weight is 275 g/mol. The van der Waals surface area contributed by atoms with Gasteiger partial charge in [-0.3, -0.25) is 4.79 Å². The van der Waals surface area contributed by atoms with E-state index in [2.05, 4.69) is 21.8 Å². The van der Waals surface area contributed by atoms with E-state index in [1.165, 1.54) is 6.07 Å². The zero-order valence-corrected chi connectivity index (χ0v) is 11.1. The van der Waals surface area contributed by atoms with Crippen molar-refractivity contribution >= 4 is 35.1 Å². The van der Waals surface area contributed by atoms with Crippen LogP contribution in [0.5, 0.6) is 0 Å². The number of unbranched alkanes of at least 4 members (excludes halogenated alkanes) is 1. The third kappa shape index (κ3) is 4.79. The number of hydrogen-bond acceptors (Lipinski definition) is 5. The number of primary amides is 1. The van der Waals surface area contributed by atoms with Crippen molar-refractivity contribution in [2.75, 3.05) is 23.9 Å². The number of rotatable bonds is 7. The first-order valence-electron chi connectivity index (χ1n) is 5.21. The molecule has 1 aromatic rings. The molecule has 0 radical (unpaired) electrons. The molecule has 0 fully saturated rings. The average Bonchev–Trinajstić information content (AvgIpc) is 2.30. The predicted octanol–water partition coefficient (Wildman–Crippen LogP) is 1.78. The number of halogens is 1. The predicted molar refractivity (Wildman–Crippen MR) is 71.7 cm³/mol. The number of aromatic nitrogens is 2. The van der Waals surface area contributed by atoms with Crippen molar-refractivity contribution < 1.29 is 4.79 Å². The van der Waals surface area contributed by atoms with Gasteiger partial charge in [0.1, 0.15) is 0 Å². The normalized spacial score (nSPS) is 10.2. The van der Waals surface area contributed by atoms with E-state index in [1.807, 2.05) is 11.8 Å². The Labute approximate surface area is 110 Å². The summed E-state index contributed by atoms with van der Waals surface area (Å²) in [6.07, 6.45) is 4.19. The summed E-state index contributed by atoms with van der Waals surface area (Å²) < 4.78 is 0. The van der Waals surface area contributed by atoms with Gasteiger partial charge in [-0.25, -0.2) is 0 Å². The van der Waals surface area contributed by atoms with Gasteiger partial charge in [0.2, 0.25) is 0 Å². The molecule has 0 aliphatic rings. The van der Waals surface area contributed by atoms with Crippen LogP contribution in [0.4, 0.5) is 5.82 Å². The van der Waals surface area contributed by atoms with Crippen LogP contribution in [0.2, 0.25) is 5.15 Å². The summed E-state index contributed by atoms with van der Waals surface area (Å²) in [4.78, 5) is 11.2. The summed E-state index contributed by atoms with van der Waals surface area (Å²) in [6, 6.07) is 1.42. The first kappa shape index (κ1) is 14.1. The Kier molecular flexibility index (Phi) is 6.07. The van der Waals surface area contributed by atoms with Crippen molar-refractivity contribution in [1.29, 1.82) is 0 Å². The van der Waals surface area contributed by atoms with E-state index >= 15 is 0 Å². The van der Waals surface area contributed by atoms with Gasteiger partial charge in [-0.15, -0.1) is 10.2 Å². The van der Waals surface area contributed by atoms with Crippen molar-refractivity contribution in [3.8, 4) is 0 Å². The summed E-state index contributed by atoms with van der Waals surface area (Å²) in [5, 5.41) is 10.7. The Morgan fingerprint density at radius 3 is 2.94 bits per heavy atom. The third-order valence-electron chi connectivity index (χ3n) is 2.10. The third-order valence-corrected chi connectivity index (χ3v) is 2.98. The van der Waals surface area contributed by atoms with Crippen LogP contribution >= 0.6 is 23.4 Å². The molecular weight excluding hydrogens is 260 g/mol. The molecule has 0 aliphatic carbocycles. The van der Waals surface area contributed by atoms with E-state index in [0.29, 0.717) is 5.82 Å². The fraction of sp³-hybridized carbons (Fsp3) is 0.500. The second-order valence-electron chi connectivity index (χ2n) is 3.42. The van der Waals surface area contributed by atoms with Gasteiger partial charge in [0.05, 0.1) is 5.56 Å². The minimum Gasteiger partial charge on any atom is -0.368 e. The van der Waals surface area contributed by atoms with Crippen LogP contribution in [-0.2, 0) is 0 Å². The number of hydrogen-bond donors (Lipinski definition) is 2. The van der Waals surface area contributed by atoms with Crippen LogP contribution < -0.4 is 11.1 Å². The van der Waals surface area contributed by atoms with E-state index in [4.69, 9.17) is 17.3 Å². The van der Waals surface area contributed by atoms with Crippen molar-refractivity contribution in [2.45, 2.75) is 12.8 Å². The van der Waals surface area contributed by atoms with Gasteiger partial charge < -0.3 is 11.1 Å². The summed E-state index contributed by atoms with van der Waals surface area (Å²) in [5.74, 6) is 0.955.